The number of benzene rings is 1. The number of hydrazone groups is 1. The van der Waals surface area contributed by atoms with Gasteiger partial charge < -0.3 is 5.73 Å². The highest BCUT2D eigenvalue weighted by atomic mass is 35.5. The average Bonchev–Trinajstić information content (AvgIpc) is 3.44. The Labute approximate surface area is 176 Å². The molecule has 0 aliphatic rings. The van der Waals surface area contributed by atoms with E-state index in [9.17, 15) is 4.79 Å². The third-order valence-corrected chi connectivity index (χ3v) is 5.40. The van der Waals surface area contributed by atoms with E-state index in [1.54, 1.807) is 24.3 Å². The molecule has 0 bridgehead atoms. The lowest BCUT2D eigenvalue weighted by atomic mass is 10.2. The predicted molar refractivity (Wildman–Crippen MR) is 108 cm³/mol. The number of rotatable bonds is 5. The fourth-order valence-corrected chi connectivity index (χ4v) is 3.50. The SMILES string of the molecule is Nc1nonc1-n1nnc(C(=O)NN=Cc2cccc(Cl)c2Cl)c1-c1cccs1. The van der Waals surface area contributed by atoms with Gasteiger partial charge in [-0.3, -0.25) is 4.79 Å². The van der Waals surface area contributed by atoms with Gasteiger partial charge in [-0.2, -0.15) is 9.78 Å². The highest BCUT2D eigenvalue weighted by Crippen LogP contribution is 2.30. The standard InChI is InChI=1S/C16H10Cl2N8O2S/c17-9-4-1-3-8(11(9)18)7-20-22-16(27)12-13(10-5-2-6-29-10)26(25-21-12)15-14(19)23-28-24-15/h1-7H,(H2,19,23)(H,22,27). The predicted octanol–water partition coefficient (Wildman–Crippen LogP) is 3.03. The van der Waals surface area contributed by atoms with Gasteiger partial charge >= 0.3 is 0 Å². The molecule has 0 radical (unpaired) electrons. The molecule has 0 saturated heterocycles. The van der Waals surface area contributed by atoms with E-state index in [0.717, 1.165) is 0 Å². The second kappa shape index (κ2) is 7.99. The van der Waals surface area contributed by atoms with Crippen LogP contribution in [-0.2, 0) is 0 Å². The Morgan fingerprint density at radius 3 is 2.86 bits per heavy atom. The third kappa shape index (κ3) is 3.70. The van der Waals surface area contributed by atoms with E-state index in [1.165, 1.54) is 22.2 Å². The first-order chi connectivity index (χ1) is 14.1. The van der Waals surface area contributed by atoms with Gasteiger partial charge in [-0.25, -0.2) is 10.1 Å². The number of anilines is 1. The first-order valence-electron chi connectivity index (χ1n) is 7.91. The smallest absolute Gasteiger partial charge is 0.294 e. The molecule has 3 N–H and O–H groups in total. The molecule has 3 heterocycles. The summed E-state index contributed by atoms with van der Waals surface area (Å²) in [6.07, 6.45) is 1.38. The zero-order valence-electron chi connectivity index (χ0n) is 14.3. The van der Waals surface area contributed by atoms with Crippen molar-refractivity contribution in [3.8, 4) is 16.4 Å². The summed E-state index contributed by atoms with van der Waals surface area (Å²) in [5.41, 5.74) is 9.08. The van der Waals surface area contributed by atoms with Gasteiger partial charge in [0.05, 0.1) is 21.1 Å². The molecule has 1 aromatic carbocycles. The van der Waals surface area contributed by atoms with Crippen LogP contribution in [-0.4, -0.2) is 37.4 Å². The highest BCUT2D eigenvalue weighted by molar-refractivity contribution is 7.13. The molecule has 1 amide bonds. The van der Waals surface area contributed by atoms with Gasteiger partial charge in [0.25, 0.3) is 5.91 Å². The molecule has 29 heavy (non-hydrogen) atoms. The van der Waals surface area contributed by atoms with Crippen molar-refractivity contribution in [1.29, 1.82) is 0 Å². The van der Waals surface area contributed by atoms with Crippen molar-refractivity contribution in [2.45, 2.75) is 0 Å². The summed E-state index contributed by atoms with van der Waals surface area (Å²) in [4.78, 5) is 13.4. The fraction of sp³-hybridized carbons (Fsp3) is 0. The summed E-state index contributed by atoms with van der Waals surface area (Å²) >= 11 is 13.4. The van der Waals surface area contributed by atoms with E-state index in [2.05, 4.69) is 35.8 Å². The maximum Gasteiger partial charge on any atom is 0.294 e. The normalized spacial score (nSPS) is 11.2. The molecule has 0 unspecified atom stereocenters. The van der Waals surface area contributed by atoms with Gasteiger partial charge in [-0.1, -0.05) is 46.6 Å². The number of nitrogens with one attached hydrogen (secondary N) is 1. The van der Waals surface area contributed by atoms with Crippen molar-refractivity contribution < 1.29 is 9.42 Å². The number of carbonyl (C=O) groups is 1. The second-order valence-electron chi connectivity index (χ2n) is 5.49. The Bertz CT molecular complexity index is 1200. The quantitative estimate of drug-likeness (QED) is 0.353. The Morgan fingerprint density at radius 2 is 2.14 bits per heavy atom. The molecule has 0 aliphatic carbocycles. The minimum absolute atomic E-state index is 0.00767. The van der Waals surface area contributed by atoms with Crippen LogP contribution in [0.25, 0.3) is 16.4 Å². The molecule has 0 aliphatic heterocycles. The lowest BCUT2D eigenvalue weighted by Gasteiger charge is -2.03. The minimum atomic E-state index is -0.593. The fourth-order valence-electron chi connectivity index (χ4n) is 2.39. The van der Waals surface area contributed by atoms with Crippen molar-refractivity contribution >= 4 is 52.5 Å². The number of thiophene rings is 1. The van der Waals surface area contributed by atoms with Crippen molar-refractivity contribution in [1.82, 2.24) is 30.7 Å². The van der Waals surface area contributed by atoms with Gasteiger partial charge in [0.15, 0.2) is 5.69 Å². The van der Waals surface area contributed by atoms with E-state index in [1.807, 2.05) is 11.4 Å². The molecule has 10 nitrogen and oxygen atoms in total. The number of hydrogen-bond donors (Lipinski definition) is 2. The topological polar surface area (TPSA) is 137 Å². The Hall–Kier alpha value is -3.28. The summed E-state index contributed by atoms with van der Waals surface area (Å²) in [7, 11) is 0. The number of nitrogens with two attached hydrogens (primary N) is 1. The zero-order valence-corrected chi connectivity index (χ0v) is 16.6. The molecule has 4 aromatic rings. The van der Waals surface area contributed by atoms with Crippen LogP contribution in [0.3, 0.4) is 0 Å². The number of halogens is 2. The number of carbonyl (C=O) groups excluding carboxylic acids is 1. The van der Waals surface area contributed by atoms with Crippen LogP contribution in [0.5, 0.6) is 0 Å². The van der Waals surface area contributed by atoms with Gasteiger partial charge in [-0.05, 0) is 27.8 Å². The van der Waals surface area contributed by atoms with E-state index < -0.39 is 5.91 Å². The molecule has 0 fully saturated rings. The maximum absolute atomic E-state index is 12.7. The molecule has 13 heteroatoms. The summed E-state index contributed by atoms with van der Waals surface area (Å²) in [6, 6.07) is 8.69. The van der Waals surface area contributed by atoms with Crippen LogP contribution in [0.15, 0.2) is 45.4 Å². The summed E-state index contributed by atoms with van der Waals surface area (Å²) in [5.74, 6) is -0.466. The zero-order chi connectivity index (χ0) is 20.4. The number of nitrogens with zero attached hydrogens (tertiary/aromatic N) is 6. The molecular formula is C16H10Cl2N8O2S. The van der Waals surface area contributed by atoms with Gasteiger partial charge in [-0.15, -0.1) is 16.4 Å². The van der Waals surface area contributed by atoms with Gasteiger partial charge in [0.1, 0.15) is 5.69 Å². The second-order valence-corrected chi connectivity index (χ2v) is 7.22. The summed E-state index contributed by atoms with van der Waals surface area (Å²) in [5, 5.41) is 21.6. The molecule has 3 aromatic heterocycles. The summed E-state index contributed by atoms with van der Waals surface area (Å²) < 4.78 is 5.90. The van der Waals surface area contributed by atoms with Crippen LogP contribution >= 0.6 is 34.5 Å². The Balaban J connectivity index is 1.65. The number of aromatic nitrogens is 5. The van der Waals surface area contributed by atoms with Gasteiger partial charge in [0.2, 0.25) is 11.6 Å². The average molecular weight is 449 g/mol. The van der Waals surface area contributed by atoms with Crippen LogP contribution < -0.4 is 11.2 Å². The van der Waals surface area contributed by atoms with Crippen LogP contribution in [0, 0.1) is 0 Å². The number of amides is 1. The molecule has 0 spiro atoms. The van der Waals surface area contributed by atoms with Crippen molar-refractivity contribution in [2.75, 3.05) is 5.73 Å². The van der Waals surface area contributed by atoms with Gasteiger partial charge in [0, 0.05) is 5.56 Å². The lowest BCUT2D eigenvalue weighted by molar-refractivity contribution is 0.0951. The first-order valence-corrected chi connectivity index (χ1v) is 9.55. The first kappa shape index (κ1) is 19.1. The largest absolute Gasteiger partial charge is 0.378 e. The Morgan fingerprint density at radius 1 is 1.28 bits per heavy atom. The maximum atomic E-state index is 12.7. The van der Waals surface area contributed by atoms with Crippen LogP contribution in [0.4, 0.5) is 5.82 Å². The van der Waals surface area contributed by atoms with Crippen molar-refractivity contribution in [2.24, 2.45) is 5.10 Å². The highest BCUT2D eigenvalue weighted by Gasteiger charge is 2.25. The third-order valence-electron chi connectivity index (χ3n) is 3.69. The monoisotopic (exact) mass is 448 g/mol. The minimum Gasteiger partial charge on any atom is -0.378 e. The van der Waals surface area contributed by atoms with Crippen LogP contribution in [0.2, 0.25) is 10.0 Å². The van der Waals surface area contributed by atoms with Crippen molar-refractivity contribution in [3.05, 3.63) is 57.0 Å². The van der Waals surface area contributed by atoms with E-state index in [4.69, 9.17) is 28.9 Å². The van der Waals surface area contributed by atoms with Crippen molar-refractivity contribution in [3.63, 3.8) is 0 Å². The summed E-state index contributed by atoms with van der Waals surface area (Å²) in [6.45, 7) is 0. The van der Waals surface area contributed by atoms with E-state index in [-0.39, 0.29) is 17.3 Å². The van der Waals surface area contributed by atoms with E-state index >= 15 is 0 Å². The Kier molecular flexibility index (Phi) is 5.25. The lowest BCUT2D eigenvalue weighted by Crippen LogP contribution is -2.19. The van der Waals surface area contributed by atoms with E-state index in [0.29, 0.717) is 26.2 Å². The molecular weight excluding hydrogens is 439 g/mol. The molecule has 4 rings (SSSR count). The number of nitrogen functional groups attached to an aromatic ring is 1. The molecule has 0 saturated carbocycles. The van der Waals surface area contributed by atoms with Crippen LogP contribution in [0.1, 0.15) is 16.1 Å². The molecule has 0 atom stereocenters. The molecule has 146 valence electrons. The number of hydrogen-bond acceptors (Lipinski definition) is 9.